The fourth-order valence-corrected chi connectivity index (χ4v) is 3.57. The van der Waals surface area contributed by atoms with Crippen molar-refractivity contribution in [3.63, 3.8) is 0 Å². The molecule has 4 rings (SSSR count). The number of anilines is 1. The predicted molar refractivity (Wildman–Crippen MR) is 123 cm³/mol. The molecule has 6 heteroatoms. The summed E-state index contributed by atoms with van der Waals surface area (Å²) in [4.78, 5) is 17.0. The van der Waals surface area contributed by atoms with Crippen LogP contribution in [0.2, 0.25) is 0 Å². The van der Waals surface area contributed by atoms with Crippen LogP contribution >= 0.6 is 0 Å². The summed E-state index contributed by atoms with van der Waals surface area (Å²) in [7, 11) is 0. The van der Waals surface area contributed by atoms with Crippen LogP contribution in [0.25, 0.3) is 16.7 Å². The van der Waals surface area contributed by atoms with E-state index in [2.05, 4.69) is 22.3 Å². The zero-order valence-electron chi connectivity index (χ0n) is 18.3. The summed E-state index contributed by atoms with van der Waals surface area (Å²) in [5, 5.41) is 8.52. The van der Waals surface area contributed by atoms with Crippen molar-refractivity contribution in [2.24, 2.45) is 0 Å². The molecule has 0 aliphatic carbocycles. The zero-order chi connectivity index (χ0) is 22.0. The molecule has 2 aromatic carbocycles. The third-order valence-corrected chi connectivity index (χ3v) is 5.26. The van der Waals surface area contributed by atoms with E-state index in [4.69, 9.17) is 4.74 Å². The molecule has 0 bridgehead atoms. The van der Waals surface area contributed by atoms with Gasteiger partial charge in [0.05, 0.1) is 11.4 Å². The van der Waals surface area contributed by atoms with Gasteiger partial charge in [-0.3, -0.25) is 4.79 Å². The Morgan fingerprint density at radius 2 is 1.74 bits per heavy atom. The summed E-state index contributed by atoms with van der Waals surface area (Å²) in [5.74, 6) is 0.168. The lowest BCUT2D eigenvalue weighted by atomic mass is 10.1. The van der Waals surface area contributed by atoms with E-state index >= 15 is 0 Å². The minimum atomic E-state index is -0.230. The predicted octanol–water partition coefficient (Wildman–Crippen LogP) is 4.93. The normalized spacial score (nSPS) is 11.0. The summed E-state index contributed by atoms with van der Waals surface area (Å²) in [6.07, 6.45) is 0.962. The Hall–Kier alpha value is -3.67. The monoisotopic (exact) mass is 414 g/mol. The highest BCUT2D eigenvalue weighted by atomic mass is 16.5. The number of aromatic nitrogens is 3. The quantitative estimate of drug-likeness (QED) is 0.486. The maximum atomic E-state index is 12.3. The van der Waals surface area contributed by atoms with E-state index in [0.29, 0.717) is 11.5 Å². The van der Waals surface area contributed by atoms with Crippen molar-refractivity contribution in [3.8, 4) is 11.6 Å². The molecule has 0 saturated carbocycles. The molecule has 6 nitrogen and oxygen atoms in total. The second-order valence-electron chi connectivity index (χ2n) is 7.70. The van der Waals surface area contributed by atoms with Gasteiger partial charge in [-0.2, -0.15) is 10.1 Å². The van der Waals surface area contributed by atoms with Crippen molar-refractivity contribution in [3.05, 3.63) is 77.0 Å². The van der Waals surface area contributed by atoms with E-state index in [1.54, 1.807) is 0 Å². The molecule has 0 unspecified atom stereocenters. The van der Waals surface area contributed by atoms with Gasteiger partial charge in [0.25, 0.3) is 5.91 Å². The Balaban J connectivity index is 1.54. The first-order valence-electron chi connectivity index (χ1n) is 10.4. The summed E-state index contributed by atoms with van der Waals surface area (Å²) in [6.45, 7) is 8.00. The van der Waals surface area contributed by atoms with Gasteiger partial charge in [0.15, 0.2) is 12.3 Å². The summed E-state index contributed by atoms with van der Waals surface area (Å²) < 4.78 is 7.55. The highest BCUT2D eigenvalue weighted by Crippen LogP contribution is 2.26. The van der Waals surface area contributed by atoms with E-state index in [1.807, 2.05) is 80.1 Å². The van der Waals surface area contributed by atoms with Crippen molar-refractivity contribution >= 4 is 22.6 Å². The van der Waals surface area contributed by atoms with Crippen LogP contribution in [0.4, 0.5) is 5.69 Å². The molecule has 1 amide bonds. The molecule has 0 atom stereocenters. The molecule has 0 aliphatic heterocycles. The van der Waals surface area contributed by atoms with Crippen molar-refractivity contribution in [2.75, 3.05) is 11.9 Å². The number of rotatable bonds is 6. The highest BCUT2D eigenvalue weighted by Gasteiger charge is 2.15. The van der Waals surface area contributed by atoms with E-state index < -0.39 is 0 Å². The summed E-state index contributed by atoms with van der Waals surface area (Å²) >= 11 is 0. The third-order valence-electron chi connectivity index (χ3n) is 5.26. The van der Waals surface area contributed by atoms with Crippen molar-refractivity contribution < 1.29 is 9.53 Å². The van der Waals surface area contributed by atoms with Gasteiger partial charge in [0.1, 0.15) is 0 Å². The number of aryl methyl sites for hydroxylation is 4. The Morgan fingerprint density at radius 3 is 2.42 bits per heavy atom. The topological polar surface area (TPSA) is 69.0 Å². The van der Waals surface area contributed by atoms with Crippen LogP contribution in [-0.4, -0.2) is 27.3 Å². The van der Waals surface area contributed by atoms with Gasteiger partial charge >= 0.3 is 0 Å². The van der Waals surface area contributed by atoms with Crippen LogP contribution in [0.1, 0.15) is 29.3 Å². The van der Waals surface area contributed by atoms with Gasteiger partial charge in [-0.25, -0.2) is 4.68 Å². The number of nitrogens with one attached hydrogen (secondary N) is 1. The maximum Gasteiger partial charge on any atom is 0.262 e. The van der Waals surface area contributed by atoms with E-state index in [0.717, 1.165) is 34.4 Å². The molecule has 0 fully saturated rings. The fraction of sp³-hybridized carbons (Fsp3) is 0.240. The summed E-state index contributed by atoms with van der Waals surface area (Å²) in [6, 6.07) is 17.8. The van der Waals surface area contributed by atoms with Crippen molar-refractivity contribution in [1.29, 1.82) is 0 Å². The maximum absolute atomic E-state index is 12.3. The molecule has 31 heavy (non-hydrogen) atoms. The fourth-order valence-electron chi connectivity index (χ4n) is 3.57. The van der Waals surface area contributed by atoms with Gasteiger partial charge in [-0.05, 0) is 62.6 Å². The Bertz CT molecular complexity index is 1230. The Labute approximate surface area is 181 Å². The van der Waals surface area contributed by atoms with Crippen LogP contribution in [0, 0.1) is 20.8 Å². The molecule has 4 aromatic rings. The zero-order valence-corrected chi connectivity index (χ0v) is 18.3. The lowest BCUT2D eigenvalue weighted by Crippen LogP contribution is -2.20. The van der Waals surface area contributed by atoms with Crippen LogP contribution < -0.4 is 10.1 Å². The molecule has 0 saturated heterocycles. The third kappa shape index (κ3) is 4.43. The lowest BCUT2D eigenvalue weighted by Gasteiger charge is -2.09. The number of ether oxygens (including phenoxy) is 1. The summed E-state index contributed by atoms with van der Waals surface area (Å²) in [5.41, 5.74) is 6.71. The highest BCUT2D eigenvalue weighted by molar-refractivity contribution is 5.92. The van der Waals surface area contributed by atoms with Gasteiger partial charge in [-0.1, -0.05) is 36.8 Å². The van der Waals surface area contributed by atoms with E-state index in [1.165, 1.54) is 11.1 Å². The van der Waals surface area contributed by atoms with Gasteiger partial charge in [-0.15, -0.1) is 0 Å². The van der Waals surface area contributed by atoms with Crippen LogP contribution in [0.5, 0.6) is 5.88 Å². The number of carbonyl (C=O) groups is 1. The SMILES string of the molecule is CCc1ccc(NC(=O)COc2cc(C)c3c(C)nn(-c4ccc(C)cc4)c3n2)cc1. The van der Waals surface area contributed by atoms with E-state index in [-0.39, 0.29) is 12.5 Å². The Kier molecular flexibility index (Phi) is 5.71. The molecular weight excluding hydrogens is 388 g/mol. The molecule has 2 aromatic heterocycles. The molecule has 0 radical (unpaired) electrons. The number of fused-ring (bicyclic) bond motifs is 1. The number of pyridine rings is 1. The smallest absolute Gasteiger partial charge is 0.262 e. The van der Waals surface area contributed by atoms with Gasteiger partial charge in [0.2, 0.25) is 5.88 Å². The first-order valence-corrected chi connectivity index (χ1v) is 10.4. The first-order chi connectivity index (χ1) is 14.9. The Morgan fingerprint density at radius 1 is 1.03 bits per heavy atom. The number of hydrogen-bond acceptors (Lipinski definition) is 4. The molecule has 158 valence electrons. The van der Waals surface area contributed by atoms with Crippen LogP contribution in [0.15, 0.2) is 54.6 Å². The number of hydrogen-bond donors (Lipinski definition) is 1. The molecule has 0 aliphatic rings. The van der Waals surface area contributed by atoms with Crippen molar-refractivity contribution in [2.45, 2.75) is 34.1 Å². The molecule has 1 N–H and O–H groups in total. The molecular formula is C25H26N4O2. The van der Waals surface area contributed by atoms with E-state index in [9.17, 15) is 4.79 Å². The second kappa shape index (κ2) is 8.60. The standard InChI is InChI=1S/C25H26N4O2/c1-5-19-8-10-20(11-9-19)26-22(30)15-31-23-14-17(3)24-18(4)28-29(25(24)27-23)21-12-6-16(2)7-13-21/h6-14H,5,15H2,1-4H3,(H,26,30). The second-order valence-corrected chi connectivity index (χ2v) is 7.70. The minimum absolute atomic E-state index is 0.120. The number of amides is 1. The average molecular weight is 415 g/mol. The number of benzene rings is 2. The van der Waals surface area contributed by atoms with Crippen LogP contribution in [0.3, 0.4) is 0 Å². The number of nitrogens with zero attached hydrogens (tertiary/aromatic N) is 3. The van der Waals surface area contributed by atoms with Gasteiger partial charge < -0.3 is 10.1 Å². The molecule has 2 heterocycles. The van der Waals surface area contributed by atoms with Crippen LogP contribution in [-0.2, 0) is 11.2 Å². The minimum Gasteiger partial charge on any atom is -0.467 e. The average Bonchev–Trinajstić information content (AvgIpc) is 3.10. The first kappa shape index (κ1) is 20.6. The van der Waals surface area contributed by atoms with Gasteiger partial charge in [0, 0.05) is 17.1 Å². The number of carbonyl (C=O) groups excluding carboxylic acids is 1. The molecule has 0 spiro atoms. The van der Waals surface area contributed by atoms with Crippen molar-refractivity contribution in [1.82, 2.24) is 14.8 Å². The lowest BCUT2D eigenvalue weighted by molar-refractivity contribution is -0.118. The largest absolute Gasteiger partial charge is 0.467 e.